The summed E-state index contributed by atoms with van der Waals surface area (Å²) in [5, 5.41) is 0. The minimum atomic E-state index is -0.822. The summed E-state index contributed by atoms with van der Waals surface area (Å²) in [7, 11) is 0. The summed E-state index contributed by atoms with van der Waals surface area (Å²) in [6, 6.07) is 10.0. The van der Waals surface area contributed by atoms with Crippen molar-refractivity contribution in [3.63, 3.8) is 0 Å². The minimum absolute atomic E-state index is 0.00483. The fourth-order valence-electron chi connectivity index (χ4n) is 3.96. The Morgan fingerprint density at radius 3 is 2.33 bits per heavy atom. The van der Waals surface area contributed by atoms with Crippen molar-refractivity contribution in [1.29, 1.82) is 0 Å². The Hall–Kier alpha value is -3.09. The summed E-state index contributed by atoms with van der Waals surface area (Å²) in [5.41, 5.74) is 1.96. The van der Waals surface area contributed by atoms with Gasteiger partial charge in [-0.1, -0.05) is 24.3 Å². The zero-order chi connectivity index (χ0) is 21.8. The van der Waals surface area contributed by atoms with Gasteiger partial charge in [0.05, 0.1) is 6.26 Å². The fraction of sp³-hybridized carbons (Fsp3) is 0.435. The average molecular weight is 412 g/mol. The number of hydrogen-bond donors (Lipinski definition) is 0. The molecule has 1 aromatic heterocycles. The van der Waals surface area contributed by atoms with Crippen LogP contribution in [0.1, 0.15) is 49.4 Å². The van der Waals surface area contributed by atoms with Crippen molar-refractivity contribution < 1.29 is 23.5 Å². The molecule has 2 heterocycles. The highest BCUT2D eigenvalue weighted by Gasteiger charge is 2.37. The summed E-state index contributed by atoms with van der Waals surface area (Å²) in [6.45, 7) is 7.59. The predicted molar refractivity (Wildman–Crippen MR) is 111 cm³/mol. The molecule has 1 aromatic carbocycles. The number of hydrogen-bond acceptors (Lipinski definition) is 5. The summed E-state index contributed by atoms with van der Waals surface area (Å²) in [4.78, 5) is 41.6. The zero-order valence-electron chi connectivity index (χ0n) is 17.8. The lowest BCUT2D eigenvalue weighted by atomic mass is 9.93. The molecule has 2 amide bonds. The Labute approximate surface area is 176 Å². The van der Waals surface area contributed by atoms with Crippen LogP contribution in [-0.4, -0.2) is 52.3 Å². The Bertz CT molecular complexity index is 896. The van der Waals surface area contributed by atoms with Crippen LogP contribution < -0.4 is 0 Å². The molecule has 1 atom stereocenters. The van der Waals surface area contributed by atoms with Gasteiger partial charge in [0.1, 0.15) is 6.04 Å². The van der Waals surface area contributed by atoms with Crippen molar-refractivity contribution in [1.82, 2.24) is 9.80 Å². The van der Waals surface area contributed by atoms with Gasteiger partial charge in [0.2, 0.25) is 0 Å². The second-order valence-corrected chi connectivity index (χ2v) is 8.00. The molecule has 1 aliphatic rings. The normalized spacial score (nSPS) is 15.8. The van der Waals surface area contributed by atoms with Gasteiger partial charge in [0, 0.05) is 25.0 Å². The van der Waals surface area contributed by atoms with E-state index in [2.05, 4.69) is 0 Å². The monoisotopic (exact) mass is 412 g/mol. The van der Waals surface area contributed by atoms with Gasteiger partial charge in [-0.2, -0.15) is 0 Å². The largest absolute Gasteiger partial charge is 0.459 e. The number of ether oxygens (including phenoxy) is 1. The molecule has 1 unspecified atom stereocenters. The molecular weight excluding hydrogens is 384 g/mol. The van der Waals surface area contributed by atoms with E-state index in [0.29, 0.717) is 6.42 Å². The van der Waals surface area contributed by atoms with E-state index in [1.165, 1.54) is 11.2 Å². The Morgan fingerprint density at radius 2 is 1.73 bits per heavy atom. The topological polar surface area (TPSA) is 80.1 Å². The number of amides is 2. The van der Waals surface area contributed by atoms with Gasteiger partial charge >= 0.3 is 5.97 Å². The second kappa shape index (κ2) is 9.15. The van der Waals surface area contributed by atoms with E-state index < -0.39 is 12.0 Å². The number of carbonyl (C=O) groups excluding carboxylic acids is 3. The Balaban J connectivity index is 1.77. The standard InChI is InChI=1S/C23H28N2O5/c1-15(2)25(16(3)4)21(26)14-30-23(28)19-12-17-8-5-6-9-18(17)13-24(19)22(27)20-10-7-11-29-20/h5-11,15-16,19H,12-14H2,1-4H3. The Morgan fingerprint density at radius 1 is 1.07 bits per heavy atom. The van der Waals surface area contributed by atoms with E-state index in [1.807, 2.05) is 52.0 Å². The first-order chi connectivity index (χ1) is 14.3. The summed E-state index contributed by atoms with van der Waals surface area (Å²) < 4.78 is 10.6. The van der Waals surface area contributed by atoms with E-state index in [1.54, 1.807) is 17.0 Å². The maximum absolute atomic E-state index is 13.0. The van der Waals surface area contributed by atoms with Crippen molar-refractivity contribution in [3.05, 3.63) is 59.5 Å². The first-order valence-electron chi connectivity index (χ1n) is 10.2. The van der Waals surface area contributed by atoms with Crippen molar-refractivity contribution in [2.75, 3.05) is 6.61 Å². The molecule has 2 aromatic rings. The third-order valence-electron chi connectivity index (χ3n) is 5.25. The van der Waals surface area contributed by atoms with Gasteiger partial charge < -0.3 is 19.0 Å². The molecule has 160 valence electrons. The van der Waals surface area contributed by atoms with Crippen LogP contribution in [-0.2, 0) is 27.3 Å². The van der Waals surface area contributed by atoms with E-state index in [4.69, 9.17) is 9.15 Å². The number of furan rings is 1. The van der Waals surface area contributed by atoms with Crippen LogP contribution >= 0.6 is 0 Å². The van der Waals surface area contributed by atoms with Crippen LogP contribution in [0.5, 0.6) is 0 Å². The molecule has 7 heteroatoms. The number of esters is 1. The zero-order valence-corrected chi connectivity index (χ0v) is 17.8. The third-order valence-corrected chi connectivity index (χ3v) is 5.25. The van der Waals surface area contributed by atoms with Crippen molar-refractivity contribution in [3.8, 4) is 0 Å². The fourth-order valence-corrected chi connectivity index (χ4v) is 3.96. The van der Waals surface area contributed by atoms with Crippen molar-refractivity contribution >= 4 is 17.8 Å². The number of fused-ring (bicyclic) bond motifs is 1. The molecule has 0 saturated carbocycles. The highest BCUT2D eigenvalue weighted by molar-refractivity contribution is 5.95. The maximum Gasteiger partial charge on any atom is 0.329 e. The summed E-state index contributed by atoms with van der Waals surface area (Å²) in [5.74, 6) is -1.07. The highest BCUT2D eigenvalue weighted by Crippen LogP contribution is 2.26. The van der Waals surface area contributed by atoms with Crippen molar-refractivity contribution in [2.24, 2.45) is 0 Å². The van der Waals surface area contributed by atoms with E-state index in [0.717, 1.165) is 11.1 Å². The third kappa shape index (κ3) is 4.56. The lowest BCUT2D eigenvalue weighted by molar-refractivity contribution is -0.157. The maximum atomic E-state index is 13.0. The number of rotatable bonds is 6. The van der Waals surface area contributed by atoms with Crippen LogP contribution in [0.4, 0.5) is 0 Å². The average Bonchev–Trinajstić information content (AvgIpc) is 3.24. The molecule has 0 fully saturated rings. The van der Waals surface area contributed by atoms with E-state index >= 15 is 0 Å². The first kappa shape index (κ1) is 21.6. The number of carbonyl (C=O) groups is 3. The smallest absolute Gasteiger partial charge is 0.329 e. The molecule has 1 aliphatic heterocycles. The quantitative estimate of drug-likeness (QED) is 0.682. The molecule has 0 saturated heterocycles. The lowest BCUT2D eigenvalue weighted by Gasteiger charge is -2.35. The number of nitrogens with zero attached hydrogens (tertiary/aromatic N) is 2. The van der Waals surface area contributed by atoms with Crippen LogP contribution in [0.2, 0.25) is 0 Å². The predicted octanol–water partition coefficient (Wildman–Crippen LogP) is 3.04. The molecule has 30 heavy (non-hydrogen) atoms. The van der Waals surface area contributed by atoms with Crippen LogP contribution in [0, 0.1) is 0 Å². The first-order valence-corrected chi connectivity index (χ1v) is 10.2. The van der Waals surface area contributed by atoms with Crippen LogP contribution in [0.25, 0.3) is 0 Å². The number of benzene rings is 1. The Kier molecular flexibility index (Phi) is 6.59. The molecule has 3 rings (SSSR count). The molecule has 0 N–H and O–H groups in total. The molecule has 7 nitrogen and oxygen atoms in total. The van der Waals surface area contributed by atoms with Gasteiger partial charge in [-0.15, -0.1) is 0 Å². The van der Waals surface area contributed by atoms with Crippen molar-refractivity contribution in [2.45, 2.75) is 58.8 Å². The van der Waals surface area contributed by atoms with Gasteiger partial charge in [-0.05, 0) is 51.0 Å². The highest BCUT2D eigenvalue weighted by atomic mass is 16.5. The molecule has 0 spiro atoms. The SMILES string of the molecule is CC(C)N(C(=O)COC(=O)C1Cc2ccccc2CN1C(=O)c1ccco1)C(C)C. The molecule has 0 bridgehead atoms. The molecule has 0 aliphatic carbocycles. The summed E-state index contributed by atoms with van der Waals surface area (Å²) >= 11 is 0. The van der Waals surface area contributed by atoms with E-state index in [9.17, 15) is 14.4 Å². The van der Waals surface area contributed by atoms with E-state index in [-0.39, 0.29) is 42.8 Å². The van der Waals surface area contributed by atoms with Gasteiger partial charge in [-0.3, -0.25) is 9.59 Å². The minimum Gasteiger partial charge on any atom is -0.459 e. The lowest BCUT2D eigenvalue weighted by Crippen LogP contribution is -2.50. The van der Waals surface area contributed by atoms with Crippen LogP contribution in [0.3, 0.4) is 0 Å². The van der Waals surface area contributed by atoms with Gasteiger partial charge in [0.15, 0.2) is 12.4 Å². The molecular formula is C23H28N2O5. The van der Waals surface area contributed by atoms with Crippen LogP contribution in [0.15, 0.2) is 47.1 Å². The second-order valence-electron chi connectivity index (χ2n) is 8.00. The summed E-state index contributed by atoms with van der Waals surface area (Å²) in [6.07, 6.45) is 1.75. The molecule has 0 radical (unpaired) electrons. The van der Waals surface area contributed by atoms with Gasteiger partial charge in [0.25, 0.3) is 11.8 Å². The van der Waals surface area contributed by atoms with Gasteiger partial charge in [-0.25, -0.2) is 4.79 Å².